The maximum absolute atomic E-state index is 10.6. The number of carboxylic acids is 1. The highest BCUT2D eigenvalue weighted by Gasteiger charge is 2.38. The molecule has 0 atom stereocenters. The fourth-order valence-corrected chi connectivity index (χ4v) is 3.11. The van der Waals surface area contributed by atoms with E-state index in [1.807, 2.05) is 24.4 Å². The smallest absolute Gasteiger partial charge is 0.475 e. The molecule has 3 N–H and O–H groups in total. The van der Waals surface area contributed by atoms with Crippen molar-refractivity contribution in [1.29, 1.82) is 0 Å². The first-order chi connectivity index (χ1) is 14.1. The van der Waals surface area contributed by atoms with Crippen molar-refractivity contribution >= 4 is 23.4 Å². The molecule has 7 nitrogen and oxygen atoms in total. The predicted octanol–water partition coefficient (Wildman–Crippen LogP) is 3.11. The van der Waals surface area contributed by atoms with Crippen molar-refractivity contribution in [2.75, 3.05) is 25.0 Å². The lowest BCUT2D eigenvalue weighted by Crippen LogP contribution is -2.41. The number of rotatable bonds is 4. The van der Waals surface area contributed by atoms with Gasteiger partial charge in [-0.15, -0.1) is 0 Å². The van der Waals surface area contributed by atoms with Crippen LogP contribution in [0.5, 0.6) is 0 Å². The highest BCUT2D eigenvalue weighted by molar-refractivity contribution is 6.31. The summed E-state index contributed by atoms with van der Waals surface area (Å²) in [6, 6.07) is 6.04. The predicted molar refractivity (Wildman–Crippen MR) is 106 cm³/mol. The summed E-state index contributed by atoms with van der Waals surface area (Å²) in [4.78, 5) is 20.2. The Bertz CT molecular complexity index is 844. The third-order valence-corrected chi connectivity index (χ3v) is 4.97. The second kappa shape index (κ2) is 10.6. The fraction of sp³-hybridized carbons (Fsp3) is 0.421. The van der Waals surface area contributed by atoms with Crippen LogP contribution in [0.15, 0.2) is 30.6 Å². The maximum atomic E-state index is 10.6. The van der Waals surface area contributed by atoms with Crippen molar-refractivity contribution in [3.05, 3.63) is 41.2 Å². The molecule has 1 aromatic heterocycles. The lowest BCUT2D eigenvalue weighted by molar-refractivity contribution is -0.192. The van der Waals surface area contributed by atoms with Crippen LogP contribution < -0.4 is 10.2 Å². The van der Waals surface area contributed by atoms with Gasteiger partial charge in [0.25, 0.3) is 0 Å². The molecular formula is C19H22ClF3N4O3. The summed E-state index contributed by atoms with van der Waals surface area (Å²) in [6.45, 7) is 2.04. The van der Waals surface area contributed by atoms with Crippen molar-refractivity contribution in [1.82, 2.24) is 15.3 Å². The molecule has 2 heterocycles. The molecule has 1 aliphatic rings. The molecule has 0 amide bonds. The van der Waals surface area contributed by atoms with Crippen molar-refractivity contribution in [3.63, 3.8) is 0 Å². The molecule has 1 saturated heterocycles. The molecule has 0 spiro atoms. The van der Waals surface area contributed by atoms with Crippen molar-refractivity contribution < 1.29 is 28.2 Å². The van der Waals surface area contributed by atoms with Gasteiger partial charge in [0, 0.05) is 23.7 Å². The fourth-order valence-electron chi connectivity index (χ4n) is 2.87. The number of hydrogen-bond acceptors (Lipinski definition) is 6. The minimum Gasteiger partial charge on any atom is -0.475 e. The average Bonchev–Trinajstić information content (AvgIpc) is 2.73. The molecule has 1 fully saturated rings. The largest absolute Gasteiger partial charge is 0.490 e. The summed E-state index contributed by atoms with van der Waals surface area (Å²) in [7, 11) is 2.08. The summed E-state index contributed by atoms with van der Waals surface area (Å²) >= 11 is 6.14. The van der Waals surface area contributed by atoms with E-state index in [4.69, 9.17) is 21.5 Å². The molecular weight excluding hydrogens is 425 g/mol. The third-order valence-electron chi connectivity index (χ3n) is 4.62. The molecule has 0 saturated carbocycles. The van der Waals surface area contributed by atoms with Crippen LogP contribution >= 0.6 is 11.6 Å². The zero-order valence-electron chi connectivity index (χ0n) is 16.2. The number of halogens is 4. The third kappa shape index (κ3) is 6.54. The highest BCUT2D eigenvalue weighted by Crippen LogP contribution is 2.25. The number of piperidine rings is 1. The molecule has 11 heteroatoms. The first-order valence-electron chi connectivity index (χ1n) is 9.09. The van der Waals surface area contributed by atoms with E-state index in [2.05, 4.69) is 27.2 Å². The highest BCUT2D eigenvalue weighted by atomic mass is 35.5. The number of hydrogen-bond donors (Lipinski definition) is 3. The number of carboxylic acid groups (broad SMARTS) is 1. The van der Waals surface area contributed by atoms with Gasteiger partial charge in [0.15, 0.2) is 0 Å². The van der Waals surface area contributed by atoms with Gasteiger partial charge in [-0.1, -0.05) is 23.7 Å². The normalized spacial score (nSPS) is 14.6. The van der Waals surface area contributed by atoms with Gasteiger partial charge in [-0.25, -0.2) is 9.78 Å². The van der Waals surface area contributed by atoms with Gasteiger partial charge in [-0.05, 0) is 37.6 Å². The van der Waals surface area contributed by atoms with Crippen LogP contribution in [0.4, 0.5) is 19.0 Å². The Hall–Kier alpha value is -2.43. The number of aliphatic carboxylic acids is 1. The number of aliphatic hydroxyl groups is 1. The van der Waals surface area contributed by atoms with Gasteiger partial charge in [-0.2, -0.15) is 13.2 Å². The Morgan fingerprint density at radius 1 is 1.27 bits per heavy atom. The molecule has 0 aliphatic carbocycles. The van der Waals surface area contributed by atoms with Crippen LogP contribution in [0.1, 0.15) is 18.4 Å². The number of benzene rings is 1. The van der Waals surface area contributed by atoms with E-state index in [0.29, 0.717) is 16.6 Å². The second-order valence-electron chi connectivity index (χ2n) is 6.62. The molecule has 164 valence electrons. The molecule has 0 unspecified atom stereocenters. The number of aromatic nitrogens is 2. The van der Waals surface area contributed by atoms with E-state index < -0.39 is 12.1 Å². The second-order valence-corrected chi connectivity index (χ2v) is 7.03. The lowest BCUT2D eigenvalue weighted by atomic mass is 10.1. The molecule has 30 heavy (non-hydrogen) atoms. The number of carbonyl (C=O) groups is 1. The summed E-state index contributed by atoms with van der Waals surface area (Å²) in [6.07, 6.45) is 0.749. The summed E-state index contributed by atoms with van der Waals surface area (Å²) in [5.74, 6) is -1.87. The quantitative estimate of drug-likeness (QED) is 0.663. The van der Waals surface area contributed by atoms with Crippen LogP contribution in [0.2, 0.25) is 5.02 Å². The Labute approximate surface area is 176 Å². The Kier molecular flexibility index (Phi) is 8.39. The minimum atomic E-state index is -5.08. The zero-order valence-corrected chi connectivity index (χ0v) is 16.9. The molecule has 0 bridgehead atoms. The first-order valence-corrected chi connectivity index (χ1v) is 9.46. The summed E-state index contributed by atoms with van der Waals surface area (Å²) < 4.78 is 31.7. The molecule has 2 aromatic rings. The Balaban J connectivity index is 0.000000396. The first kappa shape index (κ1) is 23.8. The van der Waals surface area contributed by atoms with E-state index >= 15 is 0 Å². The lowest BCUT2D eigenvalue weighted by Gasteiger charge is -2.32. The van der Waals surface area contributed by atoms with E-state index in [1.165, 1.54) is 0 Å². The SMILES string of the molecule is CN(c1cnc(-c2ccc(CO)c(Cl)c2)cn1)C1CCNCC1.O=C(O)C(F)(F)F. The van der Waals surface area contributed by atoms with Crippen LogP contribution in [0.25, 0.3) is 11.3 Å². The molecule has 3 rings (SSSR count). The van der Waals surface area contributed by atoms with Crippen molar-refractivity contribution in [2.45, 2.75) is 31.7 Å². The summed E-state index contributed by atoms with van der Waals surface area (Å²) in [5.41, 5.74) is 2.39. The summed E-state index contributed by atoms with van der Waals surface area (Å²) in [5, 5.41) is 20.2. The molecule has 1 aliphatic heterocycles. The number of aliphatic hydroxyl groups excluding tert-OH is 1. The van der Waals surface area contributed by atoms with Gasteiger partial charge in [0.2, 0.25) is 0 Å². The van der Waals surface area contributed by atoms with Gasteiger partial charge in [0.1, 0.15) is 5.82 Å². The number of nitrogens with one attached hydrogen (secondary N) is 1. The monoisotopic (exact) mass is 446 g/mol. The number of nitrogens with zero attached hydrogens (tertiary/aromatic N) is 3. The van der Waals surface area contributed by atoms with E-state index in [0.717, 1.165) is 43.0 Å². The van der Waals surface area contributed by atoms with E-state index in [-0.39, 0.29) is 6.61 Å². The van der Waals surface area contributed by atoms with E-state index in [9.17, 15) is 18.3 Å². The molecule has 1 aromatic carbocycles. The van der Waals surface area contributed by atoms with E-state index in [1.54, 1.807) is 6.20 Å². The zero-order chi connectivity index (χ0) is 22.3. The van der Waals surface area contributed by atoms with Crippen LogP contribution in [0, 0.1) is 0 Å². The maximum Gasteiger partial charge on any atom is 0.490 e. The Morgan fingerprint density at radius 3 is 2.37 bits per heavy atom. The standard InChI is InChI=1S/C17H21ClN4O.C2HF3O2/c1-22(14-4-6-19-7-5-14)17-10-20-16(9-21-17)12-2-3-13(11-23)15(18)8-12;3-2(4,5)1(6)7/h2-3,8-10,14,19,23H,4-7,11H2,1H3;(H,6,7). The Morgan fingerprint density at radius 2 is 1.90 bits per heavy atom. The van der Waals surface area contributed by atoms with Gasteiger partial charge in [-0.3, -0.25) is 4.98 Å². The van der Waals surface area contributed by atoms with Crippen LogP contribution in [-0.2, 0) is 11.4 Å². The number of alkyl halides is 3. The number of anilines is 1. The van der Waals surface area contributed by atoms with Crippen molar-refractivity contribution in [2.24, 2.45) is 0 Å². The van der Waals surface area contributed by atoms with Crippen molar-refractivity contribution in [3.8, 4) is 11.3 Å². The van der Waals surface area contributed by atoms with Crippen LogP contribution in [0.3, 0.4) is 0 Å². The van der Waals surface area contributed by atoms with Gasteiger partial charge < -0.3 is 20.4 Å². The average molecular weight is 447 g/mol. The molecule has 0 radical (unpaired) electrons. The van der Waals surface area contributed by atoms with Gasteiger partial charge >= 0.3 is 12.1 Å². The minimum absolute atomic E-state index is 0.0647. The van der Waals surface area contributed by atoms with Gasteiger partial charge in [0.05, 0.1) is 24.7 Å². The topological polar surface area (TPSA) is 98.6 Å². The van der Waals surface area contributed by atoms with Crippen LogP contribution in [-0.4, -0.2) is 58.5 Å².